The van der Waals surface area contributed by atoms with E-state index in [4.69, 9.17) is 9.97 Å². The second-order valence-electron chi connectivity index (χ2n) is 12.2. The van der Waals surface area contributed by atoms with Crippen molar-refractivity contribution in [1.29, 1.82) is 0 Å². The molecule has 0 bridgehead atoms. The van der Waals surface area contributed by atoms with Crippen LogP contribution in [0.25, 0.3) is 93.4 Å². The molecule has 47 heavy (non-hydrogen) atoms. The number of hydrogen-bond acceptors (Lipinski definition) is 2. The summed E-state index contributed by atoms with van der Waals surface area (Å²) in [6.07, 6.45) is 0. The summed E-state index contributed by atoms with van der Waals surface area (Å²) in [6, 6.07) is 58.3. The van der Waals surface area contributed by atoms with Gasteiger partial charge in [-0.15, -0.1) is 0 Å². The van der Waals surface area contributed by atoms with Crippen molar-refractivity contribution in [3.8, 4) is 28.5 Å². The second kappa shape index (κ2) is 10.1. The lowest BCUT2D eigenvalue weighted by Crippen LogP contribution is -2.04. The van der Waals surface area contributed by atoms with Crippen molar-refractivity contribution in [3.63, 3.8) is 0 Å². The molecule has 0 N–H and O–H groups in total. The molecular weight excluding hydrogens is 571 g/mol. The third-order valence-electron chi connectivity index (χ3n) is 9.56. The molecule has 0 aliphatic rings. The average molecular weight is 598 g/mol. The summed E-state index contributed by atoms with van der Waals surface area (Å²) >= 11 is 0. The maximum absolute atomic E-state index is 5.38. The van der Waals surface area contributed by atoms with E-state index in [1.165, 1.54) is 53.9 Å². The Labute approximate surface area is 271 Å². The summed E-state index contributed by atoms with van der Waals surface area (Å²) in [4.78, 5) is 10.7. The van der Waals surface area contributed by atoms with Crippen LogP contribution >= 0.6 is 0 Å². The molecule has 0 aliphatic carbocycles. The molecule has 3 nitrogen and oxygen atoms in total. The van der Waals surface area contributed by atoms with Crippen LogP contribution in [-0.4, -0.2) is 14.5 Å². The van der Waals surface area contributed by atoms with Gasteiger partial charge in [0, 0.05) is 32.7 Å². The van der Waals surface area contributed by atoms with E-state index >= 15 is 0 Å². The van der Waals surface area contributed by atoms with Crippen molar-refractivity contribution in [3.05, 3.63) is 164 Å². The first-order valence-corrected chi connectivity index (χ1v) is 16.0. The van der Waals surface area contributed by atoms with E-state index in [2.05, 4.69) is 162 Å². The first-order chi connectivity index (χ1) is 23.3. The minimum Gasteiger partial charge on any atom is -0.277 e. The Morgan fingerprint density at radius 3 is 1.81 bits per heavy atom. The molecule has 8 aromatic carbocycles. The van der Waals surface area contributed by atoms with Crippen molar-refractivity contribution in [2.24, 2.45) is 0 Å². The lowest BCUT2D eigenvalue weighted by Gasteiger charge is -2.14. The first-order valence-electron chi connectivity index (χ1n) is 16.0. The standard InChI is InChI=1S/C44H27N3/c1-2-14-30(15-3-1)38-27-39(32-23-22-28-12-4-5-16-31(28)26-32)46-44(45-38)47-40-21-11-10-20-37(40)42-41-33-17-7-6-13-29(33)24-25-35(41)34-18-8-9-19-36(34)43(42)47/h1-27H. The molecule has 10 rings (SSSR count). The molecule has 0 radical (unpaired) electrons. The topological polar surface area (TPSA) is 30.7 Å². The number of rotatable bonds is 3. The Bertz CT molecular complexity index is 2850. The number of fused-ring (bicyclic) bond motifs is 11. The highest BCUT2D eigenvalue weighted by molar-refractivity contribution is 6.36. The molecule has 0 fully saturated rings. The molecule has 0 atom stereocenters. The van der Waals surface area contributed by atoms with E-state index in [9.17, 15) is 0 Å². The van der Waals surface area contributed by atoms with Crippen LogP contribution in [0.2, 0.25) is 0 Å². The van der Waals surface area contributed by atoms with E-state index in [0.717, 1.165) is 33.5 Å². The minimum absolute atomic E-state index is 0.658. The van der Waals surface area contributed by atoms with Crippen LogP contribution in [-0.2, 0) is 0 Å². The van der Waals surface area contributed by atoms with Crippen molar-refractivity contribution >= 4 is 64.9 Å². The van der Waals surface area contributed by atoms with Gasteiger partial charge in [-0.05, 0) is 50.5 Å². The van der Waals surface area contributed by atoms with Crippen LogP contribution in [0.1, 0.15) is 0 Å². The van der Waals surface area contributed by atoms with Crippen molar-refractivity contribution in [2.45, 2.75) is 0 Å². The highest BCUT2D eigenvalue weighted by atomic mass is 15.2. The molecule has 0 unspecified atom stereocenters. The Kier molecular flexibility index (Phi) is 5.57. The molecular formula is C44H27N3. The predicted molar refractivity (Wildman–Crippen MR) is 197 cm³/mol. The Balaban J connectivity index is 1.39. The maximum Gasteiger partial charge on any atom is 0.235 e. The van der Waals surface area contributed by atoms with Gasteiger partial charge in [-0.3, -0.25) is 4.57 Å². The van der Waals surface area contributed by atoms with Crippen LogP contribution in [0.15, 0.2) is 164 Å². The average Bonchev–Trinajstić information content (AvgIpc) is 3.50. The van der Waals surface area contributed by atoms with Crippen molar-refractivity contribution < 1.29 is 0 Å². The maximum atomic E-state index is 5.38. The fourth-order valence-electron chi connectivity index (χ4n) is 7.43. The lowest BCUT2D eigenvalue weighted by molar-refractivity contribution is 0.998. The molecule has 0 aliphatic heterocycles. The van der Waals surface area contributed by atoms with E-state index in [1.807, 2.05) is 6.07 Å². The SMILES string of the molecule is c1ccc(-c2cc(-c3ccc4ccccc4c3)nc(-n3c4ccccc4c4c5c6ccccc6ccc5c5ccccc5c43)n2)cc1. The highest BCUT2D eigenvalue weighted by Gasteiger charge is 2.22. The van der Waals surface area contributed by atoms with E-state index in [-0.39, 0.29) is 0 Å². The fraction of sp³-hybridized carbons (Fsp3) is 0. The fourth-order valence-corrected chi connectivity index (χ4v) is 7.43. The summed E-state index contributed by atoms with van der Waals surface area (Å²) in [5.74, 6) is 0.658. The molecule has 3 heteroatoms. The van der Waals surface area contributed by atoms with E-state index in [0.29, 0.717) is 5.95 Å². The zero-order valence-corrected chi connectivity index (χ0v) is 25.4. The summed E-state index contributed by atoms with van der Waals surface area (Å²) in [5.41, 5.74) is 6.11. The van der Waals surface area contributed by atoms with Gasteiger partial charge in [0.1, 0.15) is 0 Å². The van der Waals surface area contributed by atoms with Gasteiger partial charge in [-0.25, -0.2) is 9.97 Å². The molecule has 0 amide bonds. The summed E-state index contributed by atoms with van der Waals surface area (Å²) in [7, 11) is 0. The van der Waals surface area contributed by atoms with Gasteiger partial charge < -0.3 is 0 Å². The van der Waals surface area contributed by atoms with Gasteiger partial charge in [0.2, 0.25) is 5.95 Å². The van der Waals surface area contributed by atoms with Crippen LogP contribution in [0.3, 0.4) is 0 Å². The van der Waals surface area contributed by atoms with Crippen LogP contribution < -0.4 is 0 Å². The van der Waals surface area contributed by atoms with Crippen molar-refractivity contribution in [2.75, 3.05) is 0 Å². The molecule has 0 saturated heterocycles. The van der Waals surface area contributed by atoms with Gasteiger partial charge in [-0.2, -0.15) is 0 Å². The molecule has 0 saturated carbocycles. The largest absolute Gasteiger partial charge is 0.277 e. The molecule has 0 spiro atoms. The molecule has 2 heterocycles. The quantitative estimate of drug-likeness (QED) is 0.190. The molecule has 10 aromatic rings. The number of hydrogen-bond donors (Lipinski definition) is 0. The Morgan fingerprint density at radius 2 is 0.979 bits per heavy atom. The van der Waals surface area contributed by atoms with E-state index < -0.39 is 0 Å². The Hall–Kier alpha value is -6.32. The lowest BCUT2D eigenvalue weighted by atomic mass is 9.93. The van der Waals surface area contributed by atoms with Gasteiger partial charge >= 0.3 is 0 Å². The smallest absolute Gasteiger partial charge is 0.235 e. The molecule has 2 aromatic heterocycles. The highest BCUT2D eigenvalue weighted by Crippen LogP contribution is 2.44. The van der Waals surface area contributed by atoms with Gasteiger partial charge in [0.25, 0.3) is 0 Å². The predicted octanol–water partition coefficient (Wildman–Crippen LogP) is 11.5. The monoisotopic (exact) mass is 597 g/mol. The van der Waals surface area contributed by atoms with Gasteiger partial charge in [-0.1, -0.05) is 146 Å². The summed E-state index contributed by atoms with van der Waals surface area (Å²) in [6.45, 7) is 0. The van der Waals surface area contributed by atoms with Crippen LogP contribution in [0.4, 0.5) is 0 Å². The van der Waals surface area contributed by atoms with Crippen LogP contribution in [0.5, 0.6) is 0 Å². The van der Waals surface area contributed by atoms with Crippen LogP contribution in [0, 0.1) is 0 Å². The summed E-state index contributed by atoms with van der Waals surface area (Å²) < 4.78 is 2.30. The number of para-hydroxylation sites is 1. The van der Waals surface area contributed by atoms with Gasteiger partial charge in [0.05, 0.1) is 22.4 Å². The summed E-state index contributed by atoms with van der Waals surface area (Å²) in [5, 5.41) is 12.2. The second-order valence-corrected chi connectivity index (χ2v) is 12.2. The van der Waals surface area contributed by atoms with Crippen molar-refractivity contribution in [1.82, 2.24) is 14.5 Å². The molecule has 218 valence electrons. The van der Waals surface area contributed by atoms with Gasteiger partial charge in [0.15, 0.2) is 0 Å². The van der Waals surface area contributed by atoms with E-state index in [1.54, 1.807) is 0 Å². The third kappa shape index (κ3) is 3.93. The zero-order valence-electron chi connectivity index (χ0n) is 25.4. The zero-order chi connectivity index (χ0) is 30.9. The number of aromatic nitrogens is 3. The first kappa shape index (κ1) is 26.0. The number of nitrogens with zero attached hydrogens (tertiary/aromatic N) is 3. The number of benzene rings is 8. The minimum atomic E-state index is 0.658. The third-order valence-corrected chi connectivity index (χ3v) is 9.56. The Morgan fingerprint density at radius 1 is 0.362 bits per heavy atom. The normalized spacial score (nSPS) is 11.8.